The summed E-state index contributed by atoms with van der Waals surface area (Å²) in [7, 11) is 1.54. The molecule has 0 radical (unpaired) electrons. The summed E-state index contributed by atoms with van der Waals surface area (Å²) in [6.45, 7) is 1.95. The molecule has 0 spiro atoms. The first kappa shape index (κ1) is 21.0. The van der Waals surface area contributed by atoms with E-state index in [1.54, 1.807) is 13.2 Å². The molecule has 4 nitrogen and oxygen atoms in total. The van der Waals surface area contributed by atoms with Crippen LogP contribution in [0.25, 0.3) is 0 Å². The van der Waals surface area contributed by atoms with Crippen LogP contribution in [0.3, 0.4) is 0 Å². The Balaban J connectivity index is 1.50. The lowest BCUT2D eigenvalue weighted by Crippen LogP contribution is -2.30. The Morgan fingerprint density at radius 3 is 2.13 bits per heavy atom. The molecule has 0 bridgehead atoms. The van der Waals surface area contributed by atoms with Crippen molar-refractivity contribution >= 4 is 6.16 Å². The molecule has 0 aliphatic heterocycles. The predicted molar refractivity (Wildman–Crippen MR) is 121 cm³/mol. The van der Waals surface area contributed by atoms with E-state index < -0.39 is 6.16 Å². The van der Waals surface area contributed by atoms with Gasteiger partial charge in [0, 0.05) is 5.41 Å². The normalized spacial score (nSPS) is 15.2. The second-order valence-electron chi connectivity index (χ2n) is 8.14. The third-order valence-corrected chi connectivity index (χ3v) is 6.15. The molecule has 4 heteroatoms. The molecule has 1 saturated carbocycles. The molecule has 0 N–H and O–H groups in total. The van der Waals surface area contributed by atoms with E-state index in [0.29, 0.717) is 17.2 Å². The standard InChI is InChI=1S/C27H28O4/c1-20-11-16-24(25(19-20)29-2)31-26(28)30-23-14-12-22(13-15-23)27(17-7-4-8-18-27)21-9-5-3-6-10-21/h3,5-6,9-16,19H,4,7-8,17-18H2,1-2H3. The molecule has 0 aromatic heterocycles. The van der Waals surface area contributed by atoms with Gasteiger partial charge in [0.15, 0.2) is 11.5 Å². The van der Waals surface area contributed by atoms with Gasteiger partial charge < -0.3 is 14.2 Å². The van der Waals surface area contributed by atoms with Crippen molar-refractivity contribution in [3.8, 4) is 17.2 Å². The van der Waals surface area contributed by atoms with Crippen LogP contribution >= 0.6 is 0 Å². The van der Waals surface area contributed by atoms with E-state index in [9.17, 15) is 4.79 Å². The van der Waals surface area contributed by atoms with Gasteiger partial charge in [-0.1, -0.05) is 67.8 Å². The summed E-state index contributed by atoms with van der Waals surface area (Å²) in [6.07, 6.45) is 5.20. The molecule has 160 valence electrons. The Bertz CT molecular complexity index is 1020. The van der Waals surface area contributed by atoms with Crippen molar-refractivity contribution in [3.05, 3.63) is 89.5 Å². The second-order valence-corrected chi connectivity index (χ2v) is 8.14. The average molecular weight is 417 g/mol. The number of aryl methyl sites for hydroxylation is 1. The number of methoxy groups -OCH3 is 1. The molecule has 3 aromatic rings. The average Bonchev–Trinajstić information content (AvgIpc) is 2.81. The molecule has 0 atom stereocenters. The van der Waals surface area contributed by atoms with E-state index in [1.807, 2.05) is 31.2 Å². The monoisotopic (exact) mass is 416 g/mol. The Morgan fingerprint density at radius 2 is 1.45 bits per heavy atom. The summed E-state index contributed by atoms with van der Waals surface area (Å²) in [5.41, 5.74) is 3.66. The summed E-state index contributed by atoms with van der Waals surface area (Å²) in [6, 6.07) is 23.9. The van der Waals surface area contributed by atoms with E-state index in [0.717, 1.165) is 18.4 Å². The SMILES string of the molecule is COc1cc(C)ccc1OC(=O)Oc1ccc(C2(c3ccccc3)CCCCC2)cc1. The maximum Gasteiger partial charge on any atom is 0.519 e. The minimum Gasteiger partial charge on any atom is -0.493 e. The largest absolute Gasteiger partial charge is 0.519 e. The van der Waals surface area contributed by atoms with Crippen molar-refractivity contribution in [2.24, 2.45) is 0 Å². The number of hydrogen-bond donors (Lipinski definition) is 0. The van der Waals surface area contributed by atoms with E-state index in [4.69, 9.17) is 14.2 Å². The maximum atomic E-state index is 12.3. The minimum atomic E-state index is -0.787. The van der Waals surface area contributed by atoms with Crippen molar-refractivity contribution in [2.75, 3.05) is 7.11 Å². The van der Waals surface area contributed by atoms with Gasteiger partial charge in [0.05, 0.1) is 7.11 Å². The lowest BCUT2D eigenvalue weighted by molar-refractivity contribution is 0.150. The molecule has 0 saturated heterocycles. The molecule has 1 aliphatic carbocycles. The fraction of sp³-hybridized carbons (Fsp3) is 0.296. The van der Waals surface area contributed by atoms with Gasteiger partial charge in [-0.15, -0.1) is 0 Å². The van der Waals surface area contributed by atoms with Crippen LogP contribution in [0.15, 0.2) is 72.8 Å². The molecule has 0 heterocycles. The number of carbonyl (C=O) groups is 1. The molecular formula is C27H28O4. The molecule has 31 heavy (non-hydrogen) atoms. The summed E-state index contributed by atoms with van der Waals surface area (Å²) >= 11 is 0. The minimum absolute atomic E-state index is 0.0216. The van der Waals surface area contributed by atoms with Crippen molar-refractivity contribution in [1.82, 2.24) is 0 Å². The lowest BCUT2D eigenvalue weighted by Gasteiger charge is -2.38. The van der Waals surface area contributed by atoms with Gasteiger partial charge in [0.2, 0.25) is 0 Å². The molecule has 4 rings (SSSR count). The quantitative estimate of drug-likeness (QED) is 0.338. The highest BCUT2D eigenvalue weighted by atomic mass is 16.7. The molecule has 1 fully saturated rings. The predicted octanol–water partition coefficient (Wildman–Crippen LogP) is 6.83. The van der Waals surface area contributed by atoms with Crippen LogP contribution in [0, 0.1) is 6.92 Å². The number of ether oxygens (including phenoxy) is 3. The van der Waals surface area contributed by atoms with Gasteiger partial charge in [-0.05, 0) is 60.7 Å². The van der Waals surface area contributed by atoms with Gasteiger partial charge in [-0.2, -0.15) is 0 Å². The van der Waals surface area contributed by atoms with Crippen LogP contribution in [0.1, 0.15) is 48.8 Å². The summed E-state index contributed by atoms with van der Waals surface area (Å²) in [5, 5.41) is 0. The lowest BCUT2D eigenvalue weighted by atomic mass is 9.65. The highest BCUT2D eigenvalue weighted by molar-refractivity contribution is 5.68. The van der Waals surface area contributed by atoms with Gasteiger partial charge >= 0.3 is 6.16 Å². The van der Waals surface area contributed by atoms with Gasteiger partial charge in [0.25, 0.3) is 0 Å². The van der Waals surface area contributed by atoms with E-state index in [1.165, 1.54) is 30.4 Å². The van der Waals surface area contributed by atoms with Crippen molar-refractivity contribution in [2.45, 2.75) is 44.4 Å². The Kier molecular flexibility index (Phi) is 6.26. The first-order valence-electron chi connectivity index (χ1n) is 10.8. The van der Waals surface area contributed by atoms with Crippen LogP contribution in [0.2, 0.25) is 0 Å². The number of rotatable bonds is 5. The summed E-state index contributed by atoms with van der Waals surface area (Å²) < 4.78 is 16.0. The van der Waals surface area contributed by atoms with Crippen molar-refractivity contribution in [3.63, 3.8) is 0 Å². The molecule has 1 aliphatic rings. The Labute approximate surface area is 183 Å². The fourth-order valence-corrected chi connectivity index (χ4v) is 4.56. The van der Waals surface area contributed by atoms with Gasteiger partial charge in [-0.3, -0.25) is 0 Å². The summed E-state index contributed by atoms with van der Waals surface area (Å²) in [5.74, 6) is 1.29. The first-order valence-corrected chi connectivity index (χ1v) is 10.8. The Morgan fingerprint density at radius 1 is 0.774 bits per heavy atom. The van der Waals surface area contributed by atoms with E-state index >= 15 is 0 Å². The topological polar surface area (TPSA) is 44.8 Å². The Hall–Kier alpha value is -3.27. The van der Waals surface area contributed by atoms with Crippen LogP contribution in [-0.2, 0) is 5.41 Å². The third kappa shape index (κ3) is 4.58. The van der Waals surface area contributed by atoms with Crippen molar-refractivity contribution < 1.29 is 19.0 Å². The van der Waals surface area contributed by atoms with Gasteiger partial charge in [-0.25, -0.2) is 4.79 Å². The number of carbonyl (C=O) groups excluding carboxylic acids is 1. The zero-order valence-corrected chi connectivity index (χ0v) is 18.1. The second kappa shape index (κ2) is 9.25. The molecule has 0 amide bonds. The fourth-order valence-electron chi connectivity index (χ4n) is 4.56. The molecule has 0 unspecified atom stereocenters. The van der Waals surface area contributed by atoms with E-state index in [-0.39, 0.29) is 5.41 Å². The highest BCUT2D eigenvalue weighted by Crippen LogP contribution is 2.45. The number of benzene rings is 3. The molecular weight excluding hydrogens is 388 g/mol. The van der Waals surface area contributed by atoms with Crippen LogP contribution < -0.4 is 14.2 Å². The van der Waals surface area contributed by atoms with E-state index in [2.05, 4.69) is 42.5 Å². The van der Waals surface area contributed by atoms with Crippen LogP contribution in [0.4, 0.5) is 4.79 Å². The highest BCUT2D eigenvalue weighted by Gasteiger charge is 2.35. The molecule has 3 aromatic carbocycles. The van der Waals surface area contributed by atoms with Crippen LogP contribution in [0.5, 0.6) is 17.2 Å². The van der Waals surface area contributed by atoms with Gasteiger partial charge in [0.1, 0.15) is 5.75 Å². The smallest absolute Gasteiger partial charge is 0.493 e. The van der Waals surface area contributed by atoms with Crippen molar-refractivity contribution in [1.29, 1.82) is 0 Å². The zero-order chi connectivity index (χ0) is 21.7. The maximum absolute atomic E-state index is 12.3. The zero-order valence-electron chi connectivity index (χ0n) is 18.1. The first-order chi connectivity index (χ1) is 15.1. The third-order valence-electron chi connectivity index (χ3n) is 6.15. The van der Waals surface area contributed by atoms with Crippen LogP contribution in [-0.4, -0.2) is 13.3 Å². The number of hydrogen-bond acceptors (Lipinski definition) is 4. The summed E-state index contributed by atoms with van der Waals surface area (Å²) in [4.78, 5) is 12.3.